The second-order valence-corrected chi connectivity index (χ2v) is 16.1. The van der Waals surface area contributed by atoms with Crippen LogP contribution in [0.25, 0.3) is 111 Å². The molecule has 9 aromatic carbocycles. The maximum absolute atomic E-state index is 10.4. The third-order valence-electron chi connectivity index (χ3n) is 12.4. The number of benzene rings is 9. The lowest BCUT2D eigenvalue weighted by Gasteiger charge is -2.17. The Morgan fingerprint density at radius 3 is 1.23 bits per heavy atom. The Labute approximate surface area is 370 Å². The summed E-state index contributed by atoms with van der Waals surface area (Å²) in [5.74, 6) is 0.485. The average molecular weight is 816 g/mol. The lowest BCUT2D eigenvalue weighted by molar-refractivity contribution is 1.14. The molecule has 3 heterocycles. The molecule has 0 spiro atoms. The summed E-state index contributed by atoms with van der Waals surface area (Å²) in [6.07, 6.45) is 0. The molecule has 0 fully saturated rings. The molecule has 0 aliphatic heterocycles. The zero-order chi connectivity index (χ0) is 42.6. The summed E-state index contributed by atoms with van der Waals surface area (Å²) in [6, 6.07) is 80.9. The van der Waals surface area contributed by atoms with E-state index in [-0.39, 0.29) is 0 Å². The van der Waals surface area contributed by atoms with Gasteiger partial charge in [-0.15, -0.1) is 0 Å². The second kappa shape index (κ2) is 15.3. The van der Waals surface area contributed by atoms with Gasteiger partial charge in [0.2, 0.25) is 0 Å². The summed E-state index contributed by atoms with van der Waals surface area (Å²) >= 11 is 0. The quantitative estimate of drug-likeness (QED) is 0.161. The molecule has 298 valence electrons. The van der Waals surface area contributed by atoms with Gasteiger partial charge in [0.05, 0.1) is 56.5 Å². The predicted octanol–water partition coefficient (Wildman–Crippen LogP) is 14.9. The van der Waals surface area contributed by atoms with Crippen LogP contribution in [0.2, 0.25) is 0 Å². The van der Waals surface area contributed by atoms with Gasteiger partial charge in [-0.3, -0.25) is 0 Å². The van der Waals surface area contributed by atoms with Crippen LogP contribution in [0.1, 0.15) is 5.56 Å². The average Bonchev–Trinajstić information content (AvgIpc) is 3.89. The fourth-order valence-corrected chi connectivity index (χ4v) is 9.47. The van der Waals surface area contributed by atoms with Crippen molar-refractivity contribution in [1.29, 1.82) is 5.26 Å². The summed E-state index contributed by atoms with van der Waals surface area (Å²) in [4.78, 5) is 10.7. The van der Waals surface area contributed by atoms with E-state index in [4.69, 9.17) is 9.97 Å². The van der Waals surface area contributed by atoms with Gasteiger partial charge >= 0.3 is 0 Å². The first-order valence-electron chi connectivity index (χ1n) is 21.5. The van der Waals surface area contributed by atoms with Gasteiger partial charge in [0.15, 0.2) is 5.82 Å². The first-order valence-corrected chi connectivity index (χ1v) is 21.5. The smallest absolute Gasteiger partial charge is 0.161 e. The number of nitrogens with zero attached hydrogens (tertiary/aromatic N) is 5. The number of para-hydroxylation sites is 4. The van der Waals surface area contributed by atoms with Crippen molar-refractivity contribution in [3.8, 4) is 73.6 Å². The maximum atomic E-state index is 10.4. The minimum absolute atomic E-state index is 0.485. The molecule has 0 bridgehead atoms. The number of fused-ring (bicyclic) bond motifs is 6. The zero-order valence-corrected chi connectivity index (χ0v) is 34.6. The second-order valence-electron chi connectivity index (χ2n) is 16.1. The highest BCUT2D eigenvalue weighted by molar-refractivity contribution is 6.12. The Bertz CT molecular complexity index is 3580. The normalized spacial score (nSPS) is 11.4. The summed E-state index contributed by atoms with van der Waals surface area (Å²) in [6.45, 7) is 0. The number of hydrogen-bond donors (Lipinski definition) is 0. The molecule has 0 saturated heterocycles. The largest absolute Gasteiger partial charge is 0.309 e. The molecule has 0 atom stereocenters. The Morgan fingerprint density at radius 1 is 0.328 bits per heavy atom. The van der Waals surface area contributed by atoms with Crippen molar-refractivity contribution in [2.75, 3.05) is 0 Å². The Kier molecular flexibility index (Phi) is 8.81. The Morgan fingerprint density at radius 2 is 0.734 bits per heavy atom. The van der Waals surface area contributed by atoms with Gasteiger partial charge in [-0.25, -0.2) is 9.97 Å². The molecule has 0 unspecified atom stereocenters. The van der Waals surface area contributed by atoms with E-state index < -0.39 is 0 Å². The van der Waals surface area contributed by atoms with Crippen molar-refractivity contribution in [3.63, 3.8) is 0 Å². The third kappa shape index (κ3) is 6.08. The van der Waals surface area contributed by atoms with Crippen LogP contribution in [0, 0.1) is 11.3 Å². The summed E-state index contributed by atoms with van der Waals surface area (Å²) in [5, 5.41) is 15.1. The van der Waals surface area contributed by atoms with Gasteiger partial charge in [0, 0.05) is 38.2 Å². The lowest BCUT2D eigenvalue weighted by atomic mass is 10.0. The fourth-order valence-electron chi connectivity index (χ4n) is 9.47. The molecular weight excluding hydrogens is 779 g/mol. The maximum Gasteiger partial charge on any atom is 0.161 e. The molecule has 0 radical (unpaired) electrons. The van der Waals surface area contributed by atoms with Gasteiger partial charge in [0.25, 0.3) is 0 Å². The van der Waals surface area contributed by atoms with Crippen LogP contribution in [0.4, 0.5) is 0 Å². The molecule has 12 aromatic rings. The van der Waals surface area contributed by atoms with E-state index in [0.29, 0.717) is 17.0 Å². The Hall–Kier alpha value is -8.85. The lowest BCUT2D eigenvalue weighted by Crippen LogP contribution is -2.03. The van der Waals surface area contributed by atoms with Crippen molar-refractivity contribution >= 4 is 43.6 Å². The number of hydrogen-bond acceptors (Lipinski definition) is 3. The number of aromatic nitrogens is 4. The van der Waals surface area contributed by atoms with E-state index >= 15 is 0 Å². The molecule has 0 saturated carbocycles. The van der Waals surface area contributed by atoms with Gasteiger partial charge in [-0.05, 0) is 89.0 Å². The molecule has 5 heteroatoms. The van der Waals surface area contributed by atoms with Crippen LogP contribution in [0.15, 0.2) is 224 Å². The molecule has 12 rings (SSSR count). The highest BCUT2D eigenvalue weighted by Gasteiger charge is 2.22. The van der Waals surface area contributed by atoms with E-state index in [9.17, 15) is 5.26 Å². The van der Waals surface area contributed by atoms with E-state index in [0.717, 1.165) is 56.0 Å². The van der Waals surface area contributed by atoms with Crippen LogP contribution >= 0.6 is 0 Å². The van der Waals surface area contributed by atoms with E-state index in [2.05, 4.69) is 215 Å². The molecule has 64 heavy (non-hydrogen) atoms. The van der Waals surface area contributed by atoms with Crippen LogP contribution in [0.3, 0.4) is 0 Å². The predicted molar refractivity (Wildman–Crippen MR) is 263 cm³/mol. The van der Waals surface area contributed by atoms with Crippen molar-refractivity contribution in [2.45, 2.75) is 0 Å². The highest BCUT2D eigenvalue weighted by Crippen LogP contribution is 2.41. The summed E-state index contributed by atoms with van der Waals surface area (Å²) in [5.41, 5.74) is 15.7. The van der Waals surface area contributed by atoms with Gasteiger partial charge < -0.3 is 9.13 Å². The fraction of sp³-hybridized carbons (Fsp3) is 0. The highest BCUT2D eigenvalue weighted by atomic mass is 15.0. The van der Waals surface area contributed by atoms with Gasteiger partial charge in [-0.1, -0.05) is 158 Å². The van der Waals surface area contributed by atoms with Crippen LogP contribution < -0.4 is 0 Å². The molecule has 0 N–H and O–H groups in total. The standard InChI is InChI=1S/C59H37N5/c60-38-43-21-7-8-22-44(43)59-61-51(47-25-11-15-29-55(47)63-53-27-13-9-23-45(53)49-35-41(31-33-57(49)63)39-17-3-1-4-18-39)37-52(62-59)48-26-12-16-30-56(48)64-54-28-14-10-24-46(54)50-36-42(32-34-58(50)64)40-19-5-2-6-20-40/h1-37H. The van der Waals surface area contributed by atoms with Crippen molar-refractivity contribution in [1.82, 2.24) is 19.1 Å². The SMILES string of the molecule is N#Cc1ccccc1-c1nc(-c2ccccc2-n2c3ccccc3c3cc(-c4ccccc4)ccc32)cc(-c2ccccc2-n2c3ccccc3c3cc(-c4ccccc4)ccc32)n1. The van der Waals surface area contributed by atoms with E-state index in [1.165, 1.54) is 43.8 Å². The van der Waals surface area contributed by atoms with Crippen LogP contribution in [-0.2, 0) is 0 Å². The molecule has 0 aliphatic rings. The molecule has 3 aromatic heterocycles. The molecular formula is C59H37N5. The monoisotopic (exact) mass is 815 g/mol. The first kappa shape index (κ1) is 37.0. The van der Waals surface area contributed by atoms with Crippen LogP contribution in [-0.4, -0.2) is 19.1 Å². The van der Waals surface area contributed by atoms with E-state index in [1.807, 2.05) is 24.3 Å². The minimum atomic E-state index is 0.485. The molecule has 5 nitrogen and oxygen atoms in total. The first-order chi connectivity index (χ1) is 31.7. The number of nitriles is 1. The summed E-state index contributed by atoms with van der Waals surface area (Å²) in [7, 11) is 0. The van der Waals surface area contributed by atoms with Gasteiger partial charge in [0.1, 0.15) is 0 Å². The van der Waals surface area contributed by atoms with Crippen molar-refractivity contribution in [2.24, 2.45) is 0 Å². The molecule has 0 aliphatic carbocycles. The van der Waals surface area contributed by atoms with Crippen molar-refractivity contribution in [3.05, 3.63) is 230 Å². The zero-order valence-electron chi connectivity index (χ0n) is 34.6. The Balaban J connectivity index is 1.09. The van der Waals surface area contributed by atoms with E-state index in [1.54, 1.807) is 0 Å². The summed E-state index contributed by atoms with van der Waals surface area (Å²) < 4.78 is 4.71. The minimum Gasteiger partial charge on any atom is -0.309 e. The number of rotatable bonds is 7. The van der Waals surface area contributed by atoms with Crippen molar-refractivity contribution < 1.29 is 0 Å². The van der Waals surface area contributed by atoms with Gasteiger partial charge in [-0.2, -0.15) is 5.26 Å². The molecule has 0 amide bonds. The van der Waals surface area contributed by atoms with Crippen LogP contribution in [0.5, 0.6) is 0 Å². The third-order valence-corrected chi connectivity index (χ3v) is 12.4. The topological polar surface area (TPSA) is 59.4 Å².